The molecule has 0 unspecified atom stereocenters. The summed E-state index contributed by atoms with van der Waals surface area (Å²) < 4.78 is 14.1. The first-order valence-corrected chi connectivity index (χ1v) is 15.6. The van der Waals surface area contributed by atoms with E-state index in [9.17, 15) is 9.59 Å². The number of ether oxygens (including phenoxy) is 1. The van der Waals surface area contributed by atoms with Crippen LogP contribution >= 0.6 is 0 Å². The summed E-state index contributed by atoms with van der Waals surface area (Å²) in [6.45, 7) is 5.74. The second-order valence-corrected chi connectivity index (χ2v) is 11.8. The van der Waals surface area contributed by atoms with Crippen molar-refractivity contribution in [3.63, 3.8) is 0 Å². The molecule has 44 heavy (non-hydrogen) atoms. The molecule has 228 valence electrons. The van der Waals surface area contributed by atoms with Crippen molar-refractivity contribution in [2.45, 2.75) is 64.0 Å². The maximum absolute atomic E-state index is 14.4. The first-order valence-electron chi connectivity index (χ1n) is 15.6. The highest BCUT2D eigenvalue weighted by atomic mass is 16.5. The number of hydrogen-bond acceptors (Lipinski definition) is 8. The molecule has 0 saturated carbocycles. The third-order valence-electron chi connectivity index (χ3n) is 9.15. The second kappa shape index (κ2) is 12.3. The summed E-state index contributed by atoms with van der Waals surface area (Å²) in [6.07, 6.45) is 7.71. The minimum Gasteiger partial charge on any atom is -0.381 e. The molecule has 0 radical (unpaired) electrons. The lowest BCUT2D eigenvalue weighted by Gasteiger charge is -2.39. The number of benzene rings is 2. The highest BCUT2D eigenvalue weighted by Crippen LogP contribution is 2.31. The van der Waals surface area contributed by atoms with Gasteiger partial charge >= 0.3 is 5.76 Å². The predicted octanol–water partition coefficient (Wildman–Crippen LogP) is 4.26. The molecule has 2 aliphatic heterocycles. The smallest absolute Gasteiger partial charge is 0.381 e. The van der Waals surface area contributed by atoms with Crippen LogP contribution in [0.1, 0.15) is 61.9 Å². The first kappa shape index (κ1) is 28.4. The maximum Gasteiger partial charge on any atom is 0.439 e. The van der Waals surface area contributed by atoms with Gasteiger partial charge in [-0.3, -0.25) is 18.9 Å². The Morgan fingerprint density at radius 1 is 0.932 bits per heavy atom. The van der Waals surface area contributed by atoms with E-state index < -0.39 is 5.76 Å². The third kappa shape index (κ3) is 5.41. The Kier molecular flexibility index (Phi) is 7.97. The number of piperidine rings is 1. The van der Waals surface area contributed by atoms with Crippen molar-refractivity contribution in [3.05, 3.63) is 92.6 Å². The molecule has 1 N–H and O–H groups in total. The molecule has 0 bridgehead atoms. The van der Waals surface area contributed by atoms with Gasteiger partial charge in [-0.2, -0.15) is 10.1 Å². The van der Waals surface area contributed by atoms with Gasteiger partial charge in [0.15, 0.2) is 5.82 Å². The molecule has 2 aliphatic rings. The lowest BCUT2D eigenvalue weighted by molar-refractivity contribution is 0.0219. The van der Waals surface area contributed by atoms with Crippen molar-refractivity contribution in [3.8, 4) is 22.5 Å². The highest BCUT2D eigenvalue weighted by molar-refractivity contribution is 5.80. The monoisotopic (exact) mass is 595 g/mol. The fourth-order valence-electron chi connectivity index (χ4n) is 6.93. The van der Waals surface area contributed by atoms with Crippen LogP contribution in [0.5, 0.6) is 0 Å². The lowest BCUT2D eigenvalue weighted by atomic mass is 9.96. The minimum atomic E-state index is -0.590. The van der Waals surface area contributed by atoms with Crippen molar-refractivity contribution in [1.29, 1.82) is 0 Å². The number of aromatic amines is 1. The van der Waals surface area contributed by atoms with Crippen molar-refractivity contribution in [2.24, 2.45) is 0 Å². The second-order valence-electron chi connectivity index (χ2n) is 11.8. The van der Waals surface area contributed by atoms with Gasteiger partial charge in [-0.05, 0) is 48.8 Å². The lowest BCUT2D eigenvalue weighted by Crippen LogP contribution is -2.45. The number of H-pyrrole nitrogens is 1. The van der Waals surface area contributed by atoms with Gasteiger partial charge in [0.25, 0.3) is 5.56 Å². The SMILES string of the molecule is CCCc1c(Cc2ccc(-c3ccccc3-c3noc(=O)[nH]3)cc2)c(=O)n(C2CCN(C3CCOCC3)CC2)c2ncnn12. The molecule has 5 heterocycles. The fourth-order valence-corrected chi connectivity index (χ4v) is 6.93. The summed E-state index contributed by atoms with van der Waals surface area (Å²) in [5.41, 5.74) is 5.48. The van der Waals surface area contributed by atoms with Crippen LogP contribution in [-0.2, 0) is 17.6 Å². The van der Waals surface area contributed by atoms with Gasteiger partial charge in [0.2, 0.25) is 5.78 Å². The van der Waals surface area contributed by atoms with Gasteiger partial charge in [0.05, 0.1) is 5.69 Å². The highest BCUT2D eigenvalue weighted by Gasteiger charge is 2.30. The minimum absolute atomic E-state index is 0.0443. The molecule has 0 aliphatic carbocycles. The molecular formula is C33H37N7O4. The Balaban J connectivity index is 1.19. The molecule has 3 aromatic heterocycles. The van der Waals surface area contributed by atoms with E-state index in [2.05, 4.69) is 44.2 Å². The van der Waals surface area contributed by atoms with E-state index in [1.807, 2.05) is 45.5 Å². The Morgan fingerprint density at radius 3 is 2.39 bits per heavy atom. The van der Waals surface area contributed by atoms with Crippen LogP contribution in [0, 0.1) is 0 Å². The van der Waals surface area contributed by atoms with E-state index in [1.54, 1.807) is 6.33 Å². The first-order chi connectivity index (χ1) is 21.6. The summed E-state index contributed by atoms with van der Waals surface area (Å²) in [7, 11) is 0. The van der Waals surface area contributed by atoms with Gasteiger partial charge in [0, 0.05) is 55.9 Å². The van der Waals surface area contributed by atoms with Crippen molar-refractivity contribution < 1.29 is 9.26 Å². The van der Waals surface area contributed by atoms with E-state index in [0.29, 0.717) is 24.1 Å². The van der Waals surface area contributed by atoms with E-state index in [0.717, 1.165) is 98.3 Å². The molecule has 2 aromatic carbocycles. The van der Waals surface area contributed by atoms with Gasteiger partial charge in [-0.15, -0.1) is 0 Å². The van der Waals surface area contributed by atoms with Crippen LogP contribution in [0.4, 0.5) is 0 Å². The molecule has 0 spiro atoms. The van der Waals surface area contributed by atoms with Gasteiger partial charge in [0.1, 0.15) is 6.33 Å². The zero-order valence-corrected chi connectivity index (χ0v) is 24.9. The Morgan fingerprint density at radius 2 is 1.68 bits per heavy atom. The number of aryl methyl sites for hydroxylation is 1. The standard InChI is InChI=1S/C33H37N7O4/c1-2-5-29-28(20-22-8-10-23(11-9-22)26-6-3-4-7-27(26)30-36-33(42)44-37-30)31(41)39(32-34-21-35-40(29)32)25-12-16-38(17-13-25)24-14-18-43-19-15-24/h3-4,6-11,21,24-25H,2,5,12-20H2,1H3,(H,36,37,42). The zero-order chi connectivity index (χ0) is 30.0. The van der Waals surface area contributed by atoms with Crippen LogP contribution in [0.25, 0.3) is 28.3 Å². The number of nitrogens with zero attached hydrogens (tertiary/aromatic N) is 6. The maximum atomic E-state index is 14.4. The summed E-state index contributed by atoms with van der Waals surface area (Å²) in [5.74, 6) is 0.441. The van der Waals surface area contributed by atoms with Crippen molar-refractivity contribution >= 4 is 5.78 Å². The summed E-state index contributed by atoms with van der Waals surface area (Å²) in [6, 6.07) is 16.6. The summed E-state index contributed by atoms with van der Waals surface area (Å²) in [4.78, 5) is 35.7. The van der Waals surface area contributed by atoms with E-state index >= 15 is 0 Å². The summed E-state index contributed by atoms with van der Waals surface area (Å²) >= 11 is 0. The normalized spacial score (nSPS) is 17.0. The van der Waals surface area contributed by atoms with E-state index in [1.165, 1.54) is 0 Å². The number of hydrogen-bond donors (Lipinski definition) is 1. The van der Waals surface area contributed by atoms with Crippen LogP contribution < -0.4 is 11.3 Å². The fraction of sp³-hybridized carbons (Fsp3) is 0.424. The average molecular weight is 596 g/mol. The van der Waals surface area contributed by atoms with Crippen LogP contribution in [-0.4, -0.2) is 66.6 Å². The molecule has 11 heteroatoms. The number of nitrogens with one attached hydrogen (secondary N) is 1. The Bertz CT molecular complexity index is 1860. The Hall–Kier alpha value is -4.35. The van der Waals surface area contributed by atoms with E-state index in [4.69, 9.17) is 9.26 Å². The van der Waals surface area contributed by atoms with Crippen LogP contribution in [0.15, 0.2) is 69.0 Å². The number of aromatic nitrogens is 6. The number of fused-ring (bicyclic) bond motifs is 1. The largest absolute Gasteiger partial charge is 0.439 e. The average Bonchev–Trinajstić information content (AvgIpc) is 3.73. The third-order valence-corrected chi connectivity index (χ3v) is 9.15. The molecule has 7 rings (SSSR count). The molecule has 2 saturated heterocycles. The number of likely N-dealkylation sites (tertiary alicyclic amines) is 1. The van der Waals surface area contributed by atoms with E-state index in [-0.39, 0.29) is 11.6 Å². The zero-order valence-electron chi connectivity index (χ0n) is 24.9. The van der Waals surface area contributed by atoms with Gasteiger partial charge in [-0.25, -0.2) is 9.31 Å². The Labute approximate surface area is 254 Å². The molecule has 0 atom stereocenters. The summed E-state index contributed by atoms with van der Waals surface area (Å²) in [5, 5.41) is 8.48. The topological polar surface area (TPSA) is 124 Å². The molecular weight excluding hydrogens is 558 g/mol. The van der Waals surface area contributed by atoms with Crippen LogP contribution in [0.3, 0.4) is 0 Å². The molecule has 11 nitrogen and oxygen atoms in total. The molecule has 0 amide bonds. The quantitative estimate of drug-likeness (QED) is 0.282. The van der Waals surface area contributed by atoms with Crippen LogP contribution in [0.2, 0.25) is 0 Å². The van der Waals surface area contributed by atoms with Crippen molar-refractivity contribution in [1.82, 2.24) is 34.2 Å². The molecule has 2 fully saturated rings. The van der Waals surface area contributed by atoms with Crippen molar-refractivity contribution in [2.75, 3.05) is 26.3 Å². The predicted molar refractivity (Wildman–Crippen MR) is 166 cm³/mol. The van der Waals surface area contributed by atoms with Gasteiger partial charge < -0.3 is 9.64 Å². The van der Waals surface area contributed by atoms with Gasteiger partial charge in [-0.1, -0.05) is 67.0 Å². The molecule has 5 aromatic rings. The number of rotatable bonds is 8.